The van der Waals surface area contributed by atoms with Crippen LogP contribution >= 0.6 is 0 Å². The van der Waals surface area contributed by atoms with Crippen molar-refractivity contribution in [1.29, 1.82) is 0 Å². The van der Waals surface area contributed by atoms with Crippen molar-refractivity contribution in [1.82, 2.24) is 10.2 Å². The van der Waals surface area contributed by atoms with E-state index in [0.717, 1.165) is 42.6 Å². The van der Waals surface area contributed by atoms with Gasteiger partial charge in [0.2, 0.25) is 11.8 Å². The number of hydrogen-bond acceptors (Lipinski definition) is 3. The molecule has 0 radical (unpaired) electrons. The van der Waals surface area contributed by atoms with Crippen LogP contribution in [0.5, 0.6) is 5.75 Å². The summed E-state index contributed by atoms with van der Waals surface area (Å²) in [6, 6.07) is 15.9. The highest BCUT2D eigenvalue weighted by Gasteiger charge is 2.28. The van der Waals surface area contributed by atoms with Crippen LogP contribution in [0.15, 0.2) is 48.5 Å². The topological polar surface area (TPSA) is 58.6 Å². The molecule has 1 aliphatic carbocycles. The van der Waals surface area contributed by atoms with Crippen molar-refractivity contribution < 1.29 is 14.3 Å². The lowest BCUT2D eigenvalue weighted by Gasteiger charge is -2.30. The smallest absolute Gasteiger partial charge is 0.242 e. The van der Waals surface area contributed by atoms with Crippen LogP contribution in [-0.4, -0.2) is 35.9 Å². The van der Waals surface area contributed by atoms with Crippen molar-refractivity contribution in [3.8, 4) is 5.75 Å². The molecule has 0 heterocycles. The third-order valence-electron chi connectivity index (χ3n) is 6.65. The number of amides is 2. The molecular weight excluding hydrogens is 412 g/mol. The highest BCUT2D eigenvalue weighted by atomic mass is 16.5. The number of carbonyl (C=O) groups is 2. The van der Waals surface area contributed by atoms with Gasteiger partial charge in [0, 0.05) is 19.0 Å². The van der Waals surface area contributed by atoms with E-state index in [2.05, 4.69) is 43.4 Å². The molecule has 1 saturated carbocycles. The third-order valence-corrected chi connectivity index (χ3v) is 6.65. The van der Waals surface area contributed by atoms with Crippen LogP contribution in [0.3, 0.4) is 0 Å². The molecule has 1 atom stereocenters. The Balaban J connectivity index is 1.69. The van der Waals surface area contributed by atoms with Gasteiger partial charge in [-0.2, -0.15) is 0 Å². The second-order valence-corrected chi connectivity index (χ2v) is 9.43. The minimum Gasteiger partial charge on any atom is -0.497 e. The molecule has 2 aromatic rings. The van der Waals surface area contributed by atoms with Crippen LogP contribution in [0.4, 0.5) is 0 Å². The number of carbonyl (C=O) groups excluding carboxylic acids is 2. The summed E-state index contributed by atoms with van der Waals surface area (Å²) in [5.74, 6) is 1.19. The quantitative estimate of drug-likeness (QED) is 0.539. The average Bonchev–Trinajstić information content (AvgIpc) is 3.34. The lowest BCUT2D eigenvalue weighted by atomic mass is 10.00. The molecule has 5 nitrogen and oxygen atoms in total. The Morgan fingerprint density at radius 2 is 1.58 bits per heavy atom. The number of ether oxygens (including phenoxy) is 1. The monoisotopic (exact) mass is 450 g/mol. The van der Waals surface area contributed by atoms with E-state index in [-0.39, 0.29) is 17.9 Å². The van der Waals surface area contributed by atoms with Gasteiger partial charge in [0.25, 0.3) is 0 Å². The molecule has 1 N–H and O–H groups in total. The van der Waals surface area contributed by atoms with Crippen molar-refractivity contribution in [3.05, 3.63) is 65.2 Å². The number of rotatable bonds is 10. The summed E-state index contributed by atoms with van der Waals surface area (Å²) in [7, 11) is 1.63. The maximum atomic E-state index is 13.3. The molecule has 1 fully saturated rings. The van der Waals surface area contributed by atoms with Gasteiger partial charge in [0.15, 0.2) is 0 Å². The number of nitrogens with zero attached hydrogens (tertiary/aromatic N) is 1. The van der Waals surface area contributed by atoms with Crippen LogP contribution in [0.2, 0.25) is 0 Å². The van der Waals surface area contributed by atoms with E-state index in [4.69, 9.17) is 4.74 Å². The highest BCUT2D eigenvalue weighted by Crippen LogP contribution is 2.20. The Bertz CT molecular complexity index is 900. The number of hydrogen-bond donors (Lipinski definition) is 1. The Kier molecular flexibility index (Phi) is 8.93. The summed E-state index contributed by atoms with van der Waals surface area (Å²) >= 11 is 0. The van der Waals surface area contributed by atoms with Gasteiger partial charge in [-0.3, -0.25) is 9.59 Å². The van der Waals surface area contributed by atoms with Crippen molar-refractivity contribution >= 4 is 11.8 Å². The second-order valence-electron chi connectivity index (χ2n) is 9.43. The summed E-state index contributed by atoms with van der Waals surface area (Å²) in [6.07, 6.45) is 5.40. The predicted octanol–water partition coefficient (Wildman–Crippen LogP) is 5.23. The lowest BCUT2D eigenvalue weighted by Crippen LogP contribution is -2.49. The van der Waals surface area contributed by atoms with E-state index >= 15 is 0 Å². The van der Waals surface area contributed by atoms with E-state index in [0.29, 0.717) is 25.3 Å². The Labute approximate surface area is 198 Å². The molecule has 0 spiro atoms. The van der Waals surface area contributed by atoms with Gasteiger partial charge >= 0.3 is 0 Å². The highest BCUT2D eigenvalue weighted by molar-refractivity contribution is 5.87. The third kappa shape index (κ3) is 7.08. The normalized spacial score (nSPS) is 14.8. The first-order valence-corrected chi connectivity index (χ1v) is 12.2. The van der Waals surface area contributed by atoms with Crippen LogP contribution < -0.4 is 10.1 Å². The van der Waals surface area contributed by atoms with Gasteiger partial charge in [-0.05, 0) is 60.9 Å². The van der Waals surface area contributed by atoms with E-state index in [9.17, 15) is 9.59 Å². The maximum absolute atomic E-state index is 13.3. The molecule has 0 aliphatic heterocycles. The molecule has 0 saturated heterocycles. The SMILES string of the molecule is COc1ccc(CN(C(=O)CCc2ccc(C(C)C)cc2)[C@H](C)C(=O)NC2CCCC2)cc1. The Hall–Kier alpha value is -2.82. The number of nitrogens with one attached hydrogen (secondary N) is 1. The van der Waals surface area contributed by atoms with E-state index < -0.39 is 6.04 Å². The Morgan fingerprint density at radius 3 is 2.15 bits per heavy atom. The minimum atomic E-state index is -0.525. The fourth-order valence-electron chi connectivity index (χ4n) is 4.37. The van der Waals surface area contributed by atoms with Crippen molar-refractivity contribution in [2.45, 2.75) is 83.8 Å². The van der Waals surface area contributed by atoms with E-state index in [1.807, 2.05) is 31.2 Å². The minimum absolute atomic E-state index is 0.00664. The molecule has 178 valence electrons. The first-order valence-electron chi connectivity index (χ1n) is 12.2. The average molecular weight is 451 g/mol. The van der Waals surface area contributed by atoms with Crippen molar-refractivity contribution in [2.75, 3.05) is 7.11 Å². The number of benzene rings is 2. The van der Waals surface area contributed by atoms with Crippen LogP contribution in [0, 0.1) is 0 Å². The summed E-state index contributed by atoms with van der Waals surface area (Å²) in [5, 5.41) is 3.16. The fraction of sp³-hybridized carbons (Fsp3) is 0.500. The first kappa shape index (κ1) is 24.8. The van der Waals surface area contributed by atoms with Crippen LogP contribution in [-0.2, 0) is 22.6 Å². The summed E-state index contributed by atoms with van der Waals surface area (Å²) in [4.78, 5) is 28.0. The van der Waals surface area contributed by atoms with Gasteiger partial charge in [-0.25, -0.2) is 0 Å². The molecule has 2 amide bonds. The number of methoxy groups -OCH3 is 1. The number of aryl methyl sites for hydroxylation is 1. The van der Waals surface area contributed by atoms with Crippen LogP contribution in [0.25, 0.3) is 0 Å². The van der Waals surface area contributed by atoms with E-state index in [1.165, 1.54) is 5.56 Å². The summed E-state index contributed by atoms with van der Waals surface area (Å²) < 4.78 is 5.25. The van der Waals surface area contributed by atoms with Crippen molar-refractivity contribution in [2.24, 2.45) is 0 Å². The standard InChI is InChI=1S/C28H38N2O3/c1-20(2)24-14-9-22(10-15-24)13-18-27(31)30(19-23-11-16-26(33-4)17-12-23)21(3)28(32)29-25-7-5-6-8-25/h9-12,14-17,20-21,25H,5-8,13,18-19H2,1-4H3,(H,29,32)/t21-/m1/s1. The predicted molar refractivity (Wildman–Crippen MR) is 132 cm³/mol. The van der Waals surface area contributed by atoms with Crippen LogP contribution in [0.1, 0.15) is 75.5 Å². The molecule has 2 aromatic carbocycles. The zero-order valence-corrected chi connectivity index (χ0v) is 20.5. The van der Waals surface area contributed by atoms with Gasteiger partial charge < -0.3 is 15.0 Å². The van der Waals surface area contributed by atoms with Gasteiger partial charge in [-0.1, -0.05) is 63.1 Å². The summed E-state index contributed by atoms with van der Waals surface area (Å²) in [6.45, 7) is 6.58. The summed E-state index contributed by atoms with van der Waals surface area (Å²) in [5.41, 5.74) is 3.41. The molecule has 0 bridgehead atoms. The van der Waals surface area contributed by atoms with E-state index in [1.54, 1.807) is 12.0 Å². The molecule has 33 heavy (non-hydrogen) atoms. The van der Waals surface area contributed by atoms with Gasteiger partial charge in [-0.15, -0.1) is 0 Å². The lowest BCUT2D eigenvalue weighted by molar-refractivity contribution is -0.140. The molecule has 0 unspecified atom stereocenters. The molecular formula is C28H38N2O3. The maximum Gasteiger partial charge on any atom is 0.242 e. The molecule has 0 aromatic heterocycles. The molecule has 1 aliphatic rings. The molecule has 5 heteroatoms. The fourth-order valence-corrected chi connectivity index (χ4v) is 4.37. The molecule has 3 rings (SSSR count). The van der Waals surface area contributed by atoms with Crippen molar-refractivity contribution in [3.63, 3.8) is 0 Å². The second kappa shape index (κ2) is 11.9. The zero-order chi connectivity index (χ0) is 23.8. The Morgan fingerprint density at radius 1 is 0.970 bits per heavy atom. The van der Waals surface area contributed by atoms with Gasteiger partial charge in [0.05, 0.1) is 7.11 Å². The first-order chi connectivity index (χ1) is 15.9. The van der Waals surface area contributed by atoms with Gasteiger partial charge in [0.1, 0.15) is 11.8 Å². The zero-order valence-electron chi connectivity index (χ0n) is 20.5. The largest absolute Gasteiger partial charge is 0.497 e.